The third kappa shape index (κ3) is 4.73. The Morgan fingerprint density at radius 2 is 1.82 bits per heavy atom. The van der Waals surface area contributed by atoms with Gasteiger partial charge in [0.15, 0.2) is 0 Å². The number of benzene rings is 1. The van der Waals surface area contributed by atoms with Gasteiger partial charge in [-0.1, -0.05) is 12.1 Å². The Morgan fingerprint density at radius 3 is 2.36 bits per heavy atom. The summed E-state index contributed by atoms with van der Waals surface area (Å²) in [5, 5.41) is 0. The number of hydrogen-bond donors (Lipinski definition) is 1. The van der Waals surface area contributed by atoms with Gasteiger partial charge in [-0.05, 0) is 57.5 Å². The van der Waals surface area contributed by atoms with Gasteiger partial charge in [0.25, 0.3) is 0 Å². The minimum absolute atomic E-state index is 0.00694. The maximum absolute atomic E-state index is 12.1. The summed E-state index contributed by atoms with van der Waals surface area (Å²) in [6.07, 6.45) is 3.38. The van der Waals surface area contributed by atoms with Gasteiger partial charge in [-0.2, -0.15) is 0 Å². The van der Waals surface area contributed by atoms with Crippen LogP contribution in [0.5, 0.6) is 11.5 Å². The van der Waals surface area contributed by atoms with Gasteiger partial charge in [0, 0.05) is 17.6 Å². The van der Waals surface area contributed by atoms with Crippen LogP contribution in [0.3, 0.4) is 0 Å². The molecule has 0 aliphatic heterocycles. The van der Waals surface area contributed by atoms with E-state index >= 15 is 0 Å². The number of pyridine rings is 1. The summed E-state index contributed by atoms with van der Waals surface area (Å²) in [7, 11) is 0. The number of aromatic nitrogens is 1. The molecule has 0 saturated heterocycles. The Bertz CT molecular complexity index is 582. The summed E-state index contributed by atoms with van der Waals surface area (Å²) in [6.45, 7) is 7.86. The molecular formula is C17H22N2O2S. The summed E-state index contributed by atoms with van der Waals surface area (Å²) >= 11 is -1.09. The topological polar surface area (TPSA) is 57.2 Å². The summed E-state index contributed by atoms with van der Waals surface area (Å²) in [5.74, 6) is 1.45. The molecule has 1 aromatic carbocycles. The van der Waals surface area contributed by atoms with Crippen LogP contribution >= 0.6 is 0 Å². The highest BCUT2D eigenvalue weighted by molar-refractivity contribution is 7.90. The third-order valence-corrected chi connectivity index (χ3v) is 4.77. The minimum Gasteiger partial charge on any atom is -0.598 e. The molecule has 1 N–H and O–H groups in total. The number of nitrogens with zero attached hydrogens (tertiary/aromatic N) is 1. The first-order chi connectivity index (χ1) is 10.4. The fourth-order valence-corrected chi connectivity index (χ4v) is 2.58. The van der Waals surface area contributed by atoms with Crippen LogP contribution < -0.4 is 9.46 Å². The standard InChI is InChI=1S/C17H22N2O2S/c1-13(19-22(20)17(2,3)4)14-7-9-15(10-8-14)21-16-6-5-11-18-12-16/h5-13,19H,1-4H3/t13-,22?/m0/s1. The highest BCUT2D eigenvalue weighted by Crippen LogP contribution is 2.24. The average Bonchev–Trinajstić information content (AvgIpc) is 2.48. The molecule has 4 nitrogen and oxygen atoms in total. The lowest BCUT2D eigenvalue weighted by Gasteiger charge is -2.26. The highest BCUT2D eigenvalue weighted by Gasteiger charge is 2.28. The predicted molar refractivity (Wildman–Crippen MR) is 90.2 cm³/mol. The number of ether oxygens (including phenoxy) is 1. The zero-order chi connectivity index (χ0) is 16.2. The van der Waals surface area contributed by atoms with Crippen molar-refractivity contribution in [1.29, 1.82) is 0 Å². The lowest BCUT2D eigenvalue weighted by atomic mass is 10.1. The van der Waals surface area contributed by atoms with E-state index in [9.17, 15) is 4.55 Å². The van der Waals surface area contributed by atoms with Crippen molar-refractivity contribution < 1.29 is 9.29 Å². The molecule has 5 heteroatoms. The van der Waals surface area contributed by atoms with Crippen LogP contribution in [0.25, 0.3) is 0 Å². The summed E-state index contributed by atoms with van der Waals surface area (Å²) in [5.41, 5.74) is 1.07. The fraction of sp³-hybridized carbons (Fsp3) is 0.353. The van der Waals surface area contributed by atoms with Crippen molar-refractivity contribution in [1.82, 2.24) is 9.71 Å². The van der Waals surface area contributed by atoms with E-state index in [1.54, 1.807) is 12.4 Å². The molecule has 1 unspecified atom stereocenters. The maximum atomic E-state index is 12.1. The van der Waals surface area contributed by atoms with Gasteiger partial charge in [0.1, 0.15) is 16.2 Å². The van der Waals surface area contributed by atoms with Crippen molar-refractivity contribution in [3.63, 3.8) is 0 Å². The number of nitrogens with one attached hydrogen (secondary N) is 1. The molecule has 0 aliphatic carbocycles. The molecule has 0 radical (unpaired) electrons. The lowest BCUT2D eigenvalue weighted by Crippen LogP contribution is -2.40. The molecular weight excluding hydrogens is 296 g/mol. The van der Waals surface area contributed by atoms with E-state index in [1.807, 2.05) is 64.1 Å². The van der Waals surface area contributed by atoms with Crippen molar-refractivity contribution in [2.24, 2.45) is 0 Å². The highest BCUT2D eigenvalue weighted by atomic mass is 32.2. The zero-order valence-corrected chi connectivity index (χ0v) is 14.2. The molecule has 0 amide bonds. The monoisotopic (exact) mass is 318 g/mol. The van der Waals surface area contributed by atoms with E-state index < -0.39 is 11.4 Å². The fourth-order valence-electron chi connectivity index (χ4n) is 1.77. The molecule has 118 valence electrons. The first-order valence-corrected chi connectivity index (χ1v) is 8.37. The second-order valence-electron chi connectivity index (χ2n) is 6.08. The van der Waals surface area contributed by atoms with Crippen molar-refractivity contribution in [2.75, 3.05) is 0 Å². The average molecular weight is 318 g/mol. The number of rotatable bonds is 5. The SMILES string of the molecule is C[C@H](N[S+]([O-])C(C)(C)C)c1ccc(Oc2cccnc2)cc1. The van der Waals surface area contributed by atoms with Gasteiger partial charge in [-0.25, -0.2) is 0 Å². The molecule has 0 aliphatic rings. The van der Waals surface area contributed by atoms with Crippen LogP contribution in [0.2, 0.25) is 0 Å². The van der Waals surface area contributed by atoms with Crippen molar-refractivity contribution in [3.8, 4) is 11.5 Å². The Hall–Kier alpha value is -1.56. The van der Waals surface area contributed by atoms with Crippen LogP contribution in [0.4, 0.5) is 0 Å². The Balaban J connectivity index is 1.99. The Morgan fingerprint density at radius 1 is 1.14 bits per heavy atom. The third-order valence-electron chi connectivity index (χ3n) is 3.09. The van der Waals surface area contributed by atoms with E-state index in [2.05, 4.69) is 9.71 Å². The van der Waals surface area contributed by atoms with Gasteiger partial charge in [0.2, 0.25) is 0 Å². The number of hydrogen-bond acceptors (Lipinski definition) is 4. The van der Waals surface area contributed by atoms with E-state index in [0.717, 1.165) is 11.3 Å². The molecule has 1 heterocycles. The van der Waals surface area contributed by atoms with Crippen molar-refractivity contribution in [3.05, 3.63) is 54.4 Å². The molecule has 0 saturated carbocycles. The second-order valence-corrected chi connectivity index (χ2v) is 8.08. The molecule has 1 aromatic heterocycles. The molecule has 0 bridgehead atoms. The van der Waals surface area contributed by atoms with Gasteiger partial charge < -0.3 is 9.29 Å². The summed E-state index contributed by atoms with van der Waals surface area (Å²) < 4.78 is 20.7. The van der Waals surface area contributed by atoms with E-state index in [4.69, 9.17) is 4.74 Å². The smallest absolute Gasteiger partial charge is 0.145 e. The largest absolute Gasteiger partial charge is 0.598 e. The van der Waals surface area contributed by atoms with Crippen LogP contribution in [-0.4, -0.2) is 14.3 Å². The summed E-state index contributed by atoms with van der Waals surface area (Å²) in [6, 6.07) is 11.5. The first kappa shape index (κ1) is 16.8. The summed E-state index contributed by atoms with van der Waals surface area (Å²) in [4.78, 5) is 4.01. The Kier molecular flexibility index (Phi) is 5.45. The molecule has 0 fully saturated rings. The second kappa shape index (κ2) is 7.13. The van der Waals surface area contributed by atoms with Gasteiger partial charge in [-0.15, -0.1) is 4.72 Å². The molecule has 2 atom stereocenters. The van der Waals surface area contributed by atoms with E-state index in [-0.39, 0.29) is 10.8 Å². The van der Waals surface area contributed by atoms with Crippen LogP contribution in [0.15, 0.2) is 48.8 Å². The molecule has 22 heavy (non-hydrogen) atoms. The molecule has 2 aromatic rings. The minimum atomic E-state index is -1.09. The van der Waals surface area contributed by atoms with Crippen LogP contribution in [0.1, 0.15) is 39.3 Å². The van der Waals surface area contributed by atoms with Crippen LogP contribution in [-0.2, 0) is 11.4 Å². The van der Waals surface area contributed by atoms with Gasteiger partial charge in [0.05, 0.1) is 12.2 Å². The Labute approximate surface area is 135 Å². The predicted octanol–water partition coefficient (Wildman–Crippen LogP) is 3.99. The lowest BCUT2D eigenvalue weighted by molar-refractivity contribution is 0.479. The van der Waals surface area contributed by atoms with Crippen molar-refractivity contribution >= 4 is 11.4 Å². The van der Waals surface area contributed by atoms with Crippen molar-refractivity contribution in [2.45, 2.75) is 38.5 Å². The molecule has 0 spiro atoms. The van der Waals surface area contributed by atoms with Gasteiger partial charge >= 0.3 is 0 Å². The van der Waals surface area contributed by atoms with Crippen LogP contribution in [0, 0.1) is 0 Å². The van der Waals surface area contributed by atoms with E-state index in [0.29, 0.717) is 5.75 Å². The normalized spacial score (nSPS) is 14.4. The van der Waals surface area contributed by atoms with E-state index in [1.165, 1.54) is 0 Å². The quantitative estimate of drug-likeness (QED) is 0.847. The zero-order valence-electron chi connectivity index (χ0n) is 13.4. The first-order valence-electron chi connectivity index (χ1n) is 7.22. The molecule has 2 rings (SSSR count). The van der Waals surface area contributed by atoms with Gasteiger partial charge in [-0.3, -0.25) is 4.98 Å². The maximum Gasteiger partial charge on any atom is 0.145 e.